The van der Waals surface area contributed by atoms with E-state index in [1.807, 2.05) is 18.2 Å². The van der Waals surface area contributed by atoms with Crippen LogP contribution in [-0.2, 0) is 16.6 Å². The van der Waals surface area contributed by atoms with Crippen molar-refractivity contribution in [2.45, 2.75) is 13.0 Å². The van der Waals surface area contributed by atoms with Gasteiger partial charge in [-0.05, 0) is 13.0 Å². The summed E-state index contributed by atoms with van der Waals surface area (Å²) in [6.07, 6.45) is 1.19. The highest BCUT2D eigenvalue weighted by Gasteiger charge is 2.20. The third-order valence-corrected chi connectivity index (χ3v) is 3.73. The third kappa shape index (κ3) is 4.38. The largest absolute Gasteiger partial charge is 0.496 e. The van der Waals surface area contributed by atoms with E-state index in [4.69, 9.17) is 9.47 Å². The Bertz CT molecular complexity index is 830. The molecule has 2 aromatic rings. The van der Waals surface area contributed by atoms with Gasteiger partial charge < -0.3 is 19.4 Å². The maximum Gasteiger partial charge on any atom is 0.355 e. The summed E-state index contributed by atoms with van der Waals surface area (Å²) >= 11 is 0. The summed E-state index contributed by atoms with van der Waals surface area (Å²) in [5.41, 5.74) is 0.545. The molecule has 1 atom stereocenters. The van der Waals surface area contributed by atoms with Crippen LogP contribution in [0.5, 0.6) is 5.75 Å². The molecule has 1 amide bonds. The van der Waals surface area contributed by atoms with Crippen LogP contribution in [0, 0.1) is 10.1 Å². The van der Waals surface area contributed by atoms with Gasteiger partial charge in [-0.1, -0.05) is 18.2 Å². The number of methoxy groups -OCH3 is 1. The molecule has 0 aliphatic carbocycles. The minimum Gasteiger partial charge on any atom is -0.496 e. The van der Waals surface area contributed by atoms with Gasteiger partial charge in [-0.15, -0.1) is 0 Å². The molecular formula is C17H19N3O6. The maximum absolute atomic E-state index is 12.0. The van der Waals surface area contributed by atoms with Gasteiger partial charge in [-0.2, -0.15) is 0 Å². The van der Waals surface area contributed by atoms with Crippen molar-refractivity contribution >= 4 is 17.6 Å². The maximum atomic E-state index is 12.0. The molecule has 0 spiro atoms. The monoisotopic (exact) mass is 361 g/mol. The van der Waals surface area contributed by atoms with Crippen molar-refractivity contribution in [2.75, 3.05) is 13.7 Å². The van der Waals surface area contributed by atoms with E-state index in [9.17, 15) is 19.7 Å². The molecule has 0 aliphatic heterocycles. The van der Waals surface area contributed by atoms with Crippen molar-refractivity contribution in [3.63, 3.8) is 0 Å². The number of para-hydroxylation sites is 1. The minimum atomic E-state index is -0.819. The number of carbonyl (C=O) groups is 2. The summed E-state index contributed by atoms with van der Waals surface area (Å²) < 4.78 is 11.4. The number of esters is 1. The van der Waals surface area contributed by atoms with Crippen molar-refractivity contribution in [3.8, 4) is 5.75 Å². The lowest BCUT2D eigenvalue weighted by molar-refractivity contribution is -0.384. The third-order valence-electron chi connectivity index (χ3n) is 3.73. The number of nitrogens with zero attached hydrogens (tertiary/aromatic N) is 2. The number of benzene rings is 1. The molecule has 2 rings (SSSR count). The Balaban J connectivity index is 1.94. The molecule has 9 heteroatoms. The Morgan fingerprint density at radius 2 is 2.04 bits per heavy atom. The molecule has 0 radical (unpaired) electrons. The van der Waals surface area contributed by atoms with Crippen LogP contribution in [0.25, 0.3) is 0 Å². The number of aromatic nitrogens is 1. The number of nitro groups is 1. The predicted octanol–water partition coefficient (Wildman–Crippen LogP) is 1.98. The summed E-state index contributed by atoms with van der Waals surface area (Å²) in [7, 11) is 3.02. The van der Waals surface area contributed by atoms with Crippen LogP contribution in [0.15, 0.2) is 36.5 Å². The highest BCUT2D eigenvalue weighted by molar-refractivity contribution is 5.90. The van der Waals surface area contributed by atoms with E-state index >= 15 is 0 Å². The molecule has 1 heterocycles. The Morgan fingerprint density at radius 3 is 2.65 bits per heavy atom. The Kier molecular flexibility index (Phi) is 5.94. The highest BCUT2D eigenvalue weighted by atomic mass is 16.6. The Morgan fingerprint density at radius 1 is 1.35 bits per heavy atom. The second kappa shape index (κ2) is 8.15. The molecule has 0 saturated heterocycles. The van der Waals surface area contributed by atoms with Crippen molar-refractivity contribution in [1.82, 2.24) is 9.88 Å². The zero-order valence-electron chi connectivity index (χ0n) is 14.6. The molecule has 0 fully saturated rings. The molecule has 0 saturated carbocycles. The smallest absolute Gasteiger partial charge is 0.355 e. The van der Waals surface area contributed by atoms with E-state index in [-0.39, 0.29) is 17.4 Å². The van der Waals surface area contributed by atoms with E-state index in [1.54, 1.807) is 13.0 Å². The van der Waals surface area contributed by atoms with Crippen molar-refractivity contribution in [1.29, 1.82) is 0 Å². The number of nitrogens with one attached hydrogen (secondary N) is 1. The number of hydrogen-bond donors (Lipinski definition) is 1. The van der Waals surface area contributed by atoms with Crippen LogP contribution in [-0.4, -0.2) is 35.1 Å². The Labute approximate surface area is 149 Å². The first kappa shape index (κ1) is 19.0. The molecule has 1 aromatic carbocycles. The van der Waals surface area contributed by atoms with Gasteiger partial charge in [0.2, 0.25) is 0 Å². The summed E-state index contributed by atoms with van der Waals surface area (Å²) in [4.78, 5) is 34.1. The lowest BCUT2D eigenvalue weighted by Crippen LogP contribution is -2.31. The Hall–Kier alpha value is -3.36. The van der Waals surface area contributed by atoms with E-state index in [1.165, 1.54) is 24.9 Å². The van der Waals surface area contributed by atoms with Crippen LogP contribution >= 0.6 is 0 Å². The first-order valence-electron chi connectivity index (χ1n) is 7.73. The molecule has 26 heavy (non-hydrogen) atoms. The number of aryl methyl sites for hydroxylation is 1. The van der Waals surface area contributed by atoms with Gasteiger partial charge in [0.25, 0.3) is 11.6 Å². The molecule has 0 aliphatic rings. The van der Waals surface area contributed by atoms with Crippen molar-refractivity contribution in [2.24, 2.45) is 7.05 Å². The summed E-state index contributed by atoms with van der Waals surface area (Å²) in [6.45, 7) is 1.27. The van der Waals surface area contributed by atoms with E-state index < -0.39 is 23.4 Å². The summed E-state index contributed by atoms with van der Waals surface area (Å²) in [5.74, 6) is -0.686. The van der Waals surface area contributed by atoms with Crippen LogP contribution in [0.4, 0.5) is 5.69 Å². The van der Waals surface area contributed by atoms with Crippen LogP contribution in [0.3, 0.4) is 0 Å². The van der Waals surface area contributed by atoms with Gasteiger partial charge in [0.15, 0.2) is 6.61 Å². The lowest BCUT2D eigenvalue weighted by Gasteiger charge is -2.17. The number of ether oxygens (including phenoxy) is 2. The fourth-order valence-electron chi connectivity index (χ4n) is 2.44. The van der Waals surface area contributed by atoms with Gasteiger partial charge in [0.05, 0.1) is 24.3 Å². The second-order valence-electron chi connectivity index (χ2n) is 5.56. The fraction of sp³-hybridized carbons (Fsp3) is 0.294. The molecule has 1 aromatic heterocycles. The molecule has 0 bridgehead atoms. The normalized spacial score (nSPS) is 11.5. The van der Waals surface area contributed by atoms with Gasteiger partial charge in [0, 0.05) is 18.7 Å². The van der Waals surface area contributed by atoms with E-state index in [0.29, 0.717) is 5.75 Å². The van der Waals surface area contributed by atoms with Crippen LogP contribution < -0.4 is 10.1 Å². The lowest BCUT2D eigenvalue weighted by atomic mass is 10.1. The first-order valence-corrected chi connectivity index (χ1v) is 7.73. The fourth-order valence-corrected chi connectivity index (χ4v) is 2.44. The molecular weight excluding hydrogens is 342 g/mol. The summed E-state index contributed by atoms with van der Waals surface area (Å²) in [5, 5.41) is 13.4. The van der Waals surface area contributed by atoms with Crippen molar-refractivity contribution < 1.29 is 24.0 Å². The quantitative estimate of drug-likeness (QED) is 0.458. The van der Waals surface area contributed by atoms with Crippen LogP contribution in [0.2, 0.25) is 0 Å². The standard InChI is InChI=1S/C17H19N3O6/c1-11(13-6-4-5-7-15(13)25-3)18-16(21)10-26-17(22)14-8-12(20(23)24)9-19(14)2/h4-9,11H,10H2,1-3H3,(H,18,21). The van der Waals surface area contributed by atoms with Crippen LogP contribution in [0.1, 0.15) is 29.0 Å². The molecule has 1 N–H and O–H groups in total. The zero-order valence-corrected chi connectivity index (χ0v) is 14.6. The van der Waals surface area contributed by atoms with E-state index in [2.05, 4.69) is 5.32 Å². The van der Waals surface area contributed by atoms with Crippen molar-refractivity contribution in [3.05, 3.63) is 57.9 Å². The number of amides is 1. The SMILES string of the molecule is COc1ccccc1C(C)NC(=O)COC(=O)c1cc([N+](=O)[O-])cn1C. The van der Waals surface area contributed by atoms with Gasteiger partial charge >= 0.3 is 5.97 Å². The summed E-state index contributed by atoms with van der Waals surface area (Å²) in [6, 6.07) is 7.98. The van der Waals surface area contributed by atoms with Gasteiger partial charge in [-0.3, -0.25) is 14.9 Å². The number of hydrogen-bond acceptors (Lipinski definition) is 6. The molecule has 1 unspecified atom stereocenters. The average Bonchev–Trinajstić information content (AvgIpc) is 3.01. The van der Waals surface area contributed by atoms with E-state index in [0.717, 1.165) is 11.6 Å². The second-order valence-corrected chi connectivity index (χ2v) is 5.56. The van der Waals surface area contributed by atoms with Gasteiger partial charge in [0.1, 0.15) is 11.4 Å². The highest BCUT2D eigenvalue weighted by Crippen LogP contribution is 2.24. The molecule has 138 valence electrons. The average molecular weight is 361 g/mol. The molecule has 9 nitrogen and oxygen atoms in total. The topological polar surface area (TPSA) is 113 Å². The zero-order chi connectivity index (χ0) is 19.3. The minimum absolute atomic E-state index is 0.0118. The van der Waals surface area contributed by atoms with Gasteiger partial charge in [-0.25, -0.2) is 4.79 Å². The predicted molar refractivity (Wildman–Crippen MR) is 91.9 cm³/mol. The number of rotatable bonds is 7. The number of carbonyl (C=O) groups excluding carboxylic acids is 2. The first-order chi connectivity index (χ1) is 12.3.